The van der Waals surface area contributed by atoms with Gasteiger partial charge in [0.15, 0.2) is 0 Å². The molecule has 42 heavy (non-hydrogen) atoms. The Bertz CT molecular complexity index is 1370. The lowest BCUT2D eigenvalue weighted by atomic mass is 9.98. The van der Waals surface area contributed by atoms with E-state index in [1.165, 1.54) is 18.2 Å². The van der Waals surface area contributed by atoms with Crippen LogP contribution in [0.15, 0.2) is 72.8 Å². The van der Waals surface area contributed by atoms with Crippen LogP contribution in [-0.4, -0.2) is 42.4 Å². The number of carbonyl (C=O) groups is 3. The van der Waals surface area contributed by atoms with Gasteiger partial charge in [0.1, 0.15) is 24.1 Å². The highest BCUT2D eigenvalue weighted by molar-refractivity contribution is 5.85. The Hall–Kier alpha value is -4.20. The lowest BCUT2D eigenvalue weighted by Crippen LogP contribution is -2.45. The predicted molar refractivity (Wildman–Crippen MR) is 157 cm³/mol. The molecule has 2 atom stereocenters. The Morgan fingerprint density at radius 1 is 0.881 bits per heavy atom. The van der Waals surface area contributed by atoms with Gasteiger partial charge in [0.25, 0.3) is 0 Å². The number of amides is 1. The standard InChI is InChI=1S/C34H38FNO6/c1-5-6-19-29(31(37)41-30(32(38)42-34(2,3)4)20-22-13-7-12-18-28(22)35)36-33(39)40-21-27-25-16-10-8-14-23(25)24-15-9-11-17-26(24)27/h7-18,27,29-30H,5-6,19-21H2,1-4H3,(H,36,39)/t29-,30-/m0/s1. The minimum atomic E-state index is -1.40. The van der Waals surface area contributed by atoms with E-state index in [4.69, 9.17) is 14.2 Å². The Kier molecular flexibility index (Phi) is 9.99. The fourth-order valence-corrected chi connectivity index (χ4v) is 5.07. The molecule has 0 bridgehead atoms. The molecule has 0 aromatic heterocycles. The molecule has 222 valence electrons. The number of alkyl carbamates (subject to hydrolysis) is 1. The Morgan fingerprint density at radius 2 is 1.48 bits per heavy atom. The largest absolute Gasteiger partial charge is 0.457 e. The first kappa shape index (κ1) is 30.8. The zero-order valence-corrected chi connectivity index (χ0v) is 24.5. The Labute approximate surface area is 246 Å². The second-order valence-electron chi connectivity index (χ2n) is 11.4. The Morgan fingerprint density at radius 3 is 2.07 bits per heavy atom. The summed E-state index contributed by atoms with van der Waals surface area (Å²) in [6.07, 6.45) is -0.715. The van der Waals surface area contributed by atoms with E-state index in [2.05, 4.69) is 5.32 Å². The zero-order valence-electron chi connectivity index (χ0n) is 24.5. The minimum Gasteiger partial charge on any atom is -0.457 e. The molecule has 0 heterocycles. The van der Waals surface area contributed by atoms with E-state index in [1.807, 2.05) is 55.5 Å². The van der Waals surface area contributed by atoms with E-state index in [9.17, 15) is 18.8 Å². The van der Waals surface area contributed by atoms with Gasteiger partial charge in [-0.3, -0.25) is 0 Å². The van der Waals surface area contributed by atoms with Crippen LogP contribution in [0.3, 0.4) is 0 Å². The molecule has 3 aromatic carbocycles. The highest BCUT2D eigenvalue weighted by atomic mass is 19.1. The van der Waals surface area contributed by atoms with Crippen LogP contribution in [0.2, 0.25) is 0 Å². The number of hydrogen-bond donors (Lipinski definition) is 1. The van der Waals surface area contributed by atoms with Crippen molar-refractivity contribution >= 4 is 18.0 Å². The molecule has 1 aliphatic carbocycles. The molecular weight excluding hydrogens is 537 g/mol. The van der Waals surface area contributed by atoms with Gasteiger partial charge in [0, 0.05) is 12.3 Å². The summed E-state index contributed by atoms with van der Waals surface area (Å²) in [6.45, 7) is 7.11. The number of ether oxygens (including phenoxy) is 3. The third kappa shape index (κ3) is 7.75. The lowest BCUT2D eigenvalue weighted by molar-refractivity contribution is -0.176. The molecule has 0 unspecified atom stereocenters. The molecule has 1 amide bonds. The summed E-state index contributed by atoms with van der Waals surface area (Å²) in [4.78, 5) is 39.3. The first-order chi connectivity index (χ1) is 20.1. The SMILES string of the molecule is CCCC[C@H](NC(=O)OCC1c2ccccc2-c2ccccc21)C(=O)O[C@@H](Cc1ccccc1F)C(=O)OC(C)(C)C. The summed E-state index contributed by atoms with van der Waals surface area (Å²) in [5, 5.41) is 2.63. The molecule has 4 rings (SSSR count). The van der Waals surface area contributed by atoms with Crippen LogP contribution in [0.4, 0.5) is 9.18 Å². The van der Waals surface area contributed by atoms with Gasteiger partial charge in [-0.2, -0.15) is 0 Å². The van der Waals surface area contributed by atoms with Crippen molar-refractivity contribution in [3.63, 3.8) is 0 Å². The molecule has 7 nitrogen and oxygen atoms in total. The van der Waals surface area contributed by atoms with Gasteiger partial charge < -0.3 is 19.5 Å². The number of hydrogen-bond acceptors (Lipinski definition) is 6. The van der Waals surface area contributed by atoms with Crippen molar-refractivity contribution in [2.24, 2.45) is 0 Å². The number of halogens is 1. The molecule has 3 aromatic rings. The normalized spacial score (nSPS) is 13.8. The van der Waals surface area contributed by atoms with Crippen LogP contribution in [0.25, 0.3) is 11.1 Å². The average Bonchev–Trinajstić information content (AvgIpc) is 3.27. The van der Waals surface area contributed by atoms with Crippen LogP contribution in [0.1, 0.15) is 69.6 Å². The van der Waals surface area contributed by atoms with Crippen molar-refractivity contribution in [2.75, 3.05) is 6.61 Å². The topological polar surface area (TPSA) is 90.9 Å². The van der Waals surface area contributed by atoms with E-state index in [1.54, 1.807) is 26.8 Å². The van der Waals surface area contributed by atoms with Gasteiger partial charge in [0.05, 0.1) is 0 Å². The van der Waals surface area contributed by atoms with Gasteiger partial charge in [-0.05, 0) is 61.1 Å². The summed E-state index contributed by atoms with van der Waals surface area (Å²) in [5.41, 5.74) is 3.71. The number of carbonyl (C=O) groups excluding carboxylic acids is 3. The fraction of sp³-hybridized carbons (Fsp3) is 0.382. The van der Waals surface area contributed by atoms with Crippen molar-refractivity contribution in [1.82, 2.24) is 5.32 Å². The van der Waals surface area contributed by atoms with Crippen molar-refractivity contribution in [2.45, 2.75) is 77.0 Å². The van der Waals surface area contributed by atoms with E-state index in [-0.39, 0.29) is 30.9 Å². The summed E-state index contributed by atoms with van der Waals surface area (Å²) in [6, 6.07) is 20.9. The van der Waals surface area contributed by atoms with Gasteiger partial charge in [-0.25, -0.2) is 18.8 Å². The number of benzene rings is 3. The summed E-state index contributed by atoms with van der Waals surface area (Å²) in [7, 11) is 0. The van der Waals surface area contributed by atoms with Gasteiger partial charge in [-0.1, -0.05) is 86.5 Å². The maximum atomic E-state index is 14.4. The van der Waals surface area contributed by atoms with Crippen molar-refractivity contribution < 1.29 is 33.0 Å². The highest BCUT2D eigenvalue weighted by Crippen LogP contribution is 2.44. The second-order valence-corrected chi connectivity index (χ2v) is 11.4. The Balaban J connectivity index is 1.45. The third-order valence-corrected chi connectivity index (χ3v) is 7.06. The summed E-state index contributed by atoms with van der Waals surface area (Å²) < 4.78 is 31.1. The van der Waals surface area contributed by atoms with Gasteiger partial charge in [-0.15, -0.1) is 0 Å². The van der Waals surface area contributed by atoms with Crippen molar-refractivity contribution in [3.05, 3.63) is 95.3 Å². The molecule has 0 saturated carbocycles. The first-order valence-corrected chi connectivity index (χ1v) is 14.4. The predicted octanol–water partition coefficient (Wildman–Crippen LogP) is 6.72. The van der Waals surface area contributed by atoms with E-state index in [0.717, 1.165) is 28.7 Å². The summed E-state index contributed by atoms with van der Waals surface area (Å²) in [5.74, 6) is -2.28. The number of esters is 2. The quantitative estimate of drug-likeness (QED) is 0.202. The van der Waals surface area contributed by atoms with E-state index < -0.39 is 41.6 Å². The van der Waals surface area contributed by atoms with Crippen LogP contribution in [-0.2, 0) is 30.2 Å². The third-order valence-electron chi connectivity index (χ3n) is 7.06. The van der Waals surface area contributed by atoms with Crippen LogP contribution >= 0.6 is 0 Å². The van der Waals surface area contributed by atoms with Crippen LogP contribution in [0, 0.1) is 5.82 Å². The van der Waals surface area contributed by atoms with E-state index in [0.29, 0.717) is 6.42 Å². The average molecular weight is 576 g/mol. The first-order valence-electron chi connectivity index (χ1n) is 14.4. The number of fused-ring (bicyclic) bond motifs is 3. The molecule has 0 aliphatic heterocycles. The van der Waals surface area contributed by atoms with Crippen molar-refractivity contribution in [3.8, 4) is 11.1 Å². The number of nitrogens with one attached hydrogen (secondary N) is 1. The molecule has 0 spiro atoms. The molecule has 1 N–H and O–H groups in total. The molecule has 0 radical (unpaired) electrons. The van der Waals surface area contributed by atoms with Gasteiger partial charge in [0.2, 0.25) is 6.10 Å². The minimum absolute atomic E-state index is 0.0865. The maximum absolute atomic E-state index is 14.4. The molecule has 0 fully saturated rings. The number of unbranched alkanes of at least 4 members (excludes halogenated alkanes) is 1. The molecule has 8 heteroatoms. The van der Waals surface area contributed by atoms with Crippen molar-refractivity contribution in [1.29, 1.82) is 0 Å². The zero-order chi connectivity index (χ0) is 30.3. The van der Waals surface area contributed by atoms with E-state index >= 15 is 0 Å². The molecular formula is C34H38FNO6. The smallest absolute Gasteiger partial charge is 0.407 e. The van der Waals surface area contributed by atoms with Crippen LogP contribution in [0.5, 0.6) is 0 Å². The van der Waals surface area contributed by atoms with Crippen LogP contribution < -0.4 is 5.32 Å². The summed E-state index contributed by atoms with van der Waals surface area (Å²) >= 11 is 0. The number of rotatable bonds is 11. The maximum Gasteiger partial charge on any atom is 0.407 e. The molecule has 0 saturated heterocycles. The lowest BCUT2D eigenvalue weighted by Gasteiger charge is -2.26. The monoisotopic (exact) mass is 575 g/mol. The second kappa shape index (κ2) is 13.6. The highest BCUT2D eigenvalue weighted by Gasteiger charge is 2.34. The fourth-order valence-electron chi connectivity index (χ4n) is 5.07. The molecule has 1 aliphatic rings. The van der Waals surface area contributed by atoms with Gasteiger partial charge >= 0.3 is 18.0 Å².